The van der Waals surface area contributed by atoms with Crippen LogP contribution in [0.5, 0.6) is 17.2 Å². The quantitative estimate of drug-likeness (QED) is 0.247. The molecule has 0 unspecified atom stereocenters. The number of hydrogen-bond donors (Lipinski definition) is 2. The molecule has 0 saturated carbocycles. The second kappa shape index (κ2) is 13.1. The molecular weight excluding hydrogens is 457 g/mol. The van der Waals surface area contributed by atoms with E-state index in [9.17, 15) is 0 Å². The molecule has 0 fully saturated rings. The SMILES string of the molecule is CCNC(=NCc1ccc(OC)cc1)NCCOc1ccc(OC)cc1.I. The normalized spacial score (nSPS) is 10.6. The molecule has 6 nitrogen and oxygen atoms in total. The van der Waals surface area contributed by atoms with Crippen molar-refractivity contribution in [1.29, 1.82) is 0 Å². The molecule has 0 atom stereocenters. The number of ether oxygens (including phenoxy) is 3. The lowest BCUT2D eigenvalue weighted by atomic mass is 10.2. The van der Waals surface area contributed by atoms with Crippen LogP contribution >= 0.6 is 24.0 Å². The van der Waals surface area contributed by atoms with Crippen LogP contribution in [0.2, 0.25) is 0 Å². The zero-order valence-corrected chi connectivity index (χ0v) is 18.4. The highest BCUT2D eigenvalue weighted by atomic mass is 127. The summed E-state index contributed by atoms with van der Waals surface area (Å²) < 4.78 is 16.0. The van der Waals surface area contributed by atoms with Gasteiger partial charge in [-0.25, -0.2) is 4.99 Å². The van der Waals surface area contributed by atoms with Crippen LogP contribution in [-0.4, -0.2) is 39.9 Å². The van der Waals surface area contributed by atoms with E-state index in [0.717, 1.165) is 35.3 Å². The first-order valence-electron chi connectivity index (χ1n) is 8.67. The summed E-state index contributed by atoms with van der Waals surface area (Å²) in [5.41, 5.74) is 1.12. The van der Waals surface area contributed by atoms with Gasteiger partial charge in [0, 0.05) is 6.54 Å². The van der Waals surface area contributed by atoms with Crippen molar-refractivity contribution >= 4 is 29.9 Å². The number of rotatable bonds is 9. The Kier molecular flexibility index (Phi) is 11.1. The number of halogens is 1. The highest BCUT2D eigenvalue weighted by Gasteiger charge is 1.99. The molecule has 0 aliphatic rings. The summed E-state index contributed by atoms with van der Waals surface area (Å²) in [6.45, 7) is 4.63. The summed E-state index contributed by atoms with van der Waals surface area (Å²) in [6.07, 6.45) is 0. The smallest absolute Gasteiger partial charge is 0.191 e. The second-order valence-corrected chi connectivity index (χ2v) is 5.49. The van der Waals surface area contributed by atoms with Gasteiger partial charge >= 0.3 is 0 Å². The minimum absolute atomic E-state index is 0. The first-order valence-corrected chi connectivity index (χ1v) is 8.67. The van der Waals surface area contributed by atoms with E-state index in [1.54, 1.807) is 14.2 Å². The van der Waals surface area contributed by atoms with Crippen molar-refractivity contribution in [3.63, 3.8) is 0 Å². The Morgan fingerprint density at radius 3 is 1.96 bits per heavy atom. The maximum atomic E-state index is 5.71. The van der Waals surface area contributed by atoms with Gasteiger partial charge in [-0.1, -0.05) is 12.1 Å². The summed E-state index contributed by atoms with van der Waals surface area (Å²) in [5.74, 6) is 3.24. The summed E-state index contributed by atoms with van der Waals surface area (Å²) >= 11 is 0. The fraction of sp³-hybridized carbons (Fsp3) is 0.350. The van der Waals surface area contributed by atoms with Crippen molar-refractivity contribution in [1.82, 2.24) is 10.6 Å². The number of nitrogens with zero attached hydrogens (tertiary/aromatic N) is 1. The zero-order valence-electron chi connectivity index (χ0n) is 16.0. The zero-order chi connectivity index (χ0) is 18.6. The number of benzene rings is 2. The van der Waals surface area contributed by atoms with E-state index >= 15 is 0 Å². The van der Waals surface area contributed by atoms with Crippen LogP contribution in [0.25, 0.3) is 0 Å². The fourth-order valence-electron chi connectivity index (χ4n) is 2.25. The summed E-state index contributed by atoms with van der Waals surface area (Å²) in [4.78, 5) is 4.59. The monoisotopic (exact) mass is 485 g/mol. The summed E-state index contributed by atoms with van der Waals surface area (Å²) in [5, 5.41) is 6.50. The van der Waals surface area contributed by atoms with Gasteiger partial charge in [-0.05, 0) is 48.9 Å². The Morgan fingerprint density at radius 1 is 0.852 bits per heavy atom. The first-order chi connectivity index (χ1) is 12.7. The van der Waals surface area contributed by atoms with Crippen molar-refractivity contribution in [3.05, 3.63) is 54.1 Å². The van der Waals surface area contributed by atoms with E-state index in [2.05, 4.69) is 15.6 Å². The Hall–Kier alpha value is -2.16. The number of nitrogens with one attached hydrogen (secondary N) is 2. The molecule has 2 rings (SSSR count). The molecule has 0 saturated heterocycles. The van der Waals surface area contributed by atoms with E-state index in [1.165, 1.54) is 0 Å². The molecule has 2 N–H and O–H groups in total. The summed E-state index contributed by atoms with van der Waals surface area (Å²) in [7, 11) is 3.31. The van der Waals surface area contributed by atoms with Gasteiger partial charge in [0.25, 0.3) is 0 Å². The van der Waals surface area contributed by atoms with Crippen molar-refractivity contribution < 1.29 is 14.2 Å². The van der Waals surface area contributed by atoms with Gasteiger partial charge in [-0.3, -0.25) is 0 Å². The molecule has 0 heterocycles. The lowest BCUT2D eigenvalue weighted by molar-refractivity contribution is 0.321. The van der Waals surface area contributed by atoms with Gasteiger partial charge in [0.2, 0.25) is 0 Å². The van der Waals surface area contributed by atoms with Crippen LogP contribution in [0.4, 0.5) is 0 Å². The van der Waals surface area contributed by atoms with E-state index in [0.29, 0.717) is 19.7 Å². The molecule has 27 heavy (non-hydrogen) atoms. The summed E-state index contributed by atoms with van der Waals surface area (Å²) in [6, 6.07) is 15.4. The largest absolute Gasteiger partial charge is 0.497 e. The van der Waals surface area contributed by atoms with Crippen molar-refractivity contribution in [2.24, 2.45) is 4.99 Å². The molecule has 7 heteroatoms. The average molecular weight is 485 g/mol. The molecule has 2 aromatic rings. The number of guanidine groups is 1. The molecule has 0 amide bonds. The second-order valence-electron chi connectivity index (χ2n) is 5.49. The molecular formula is C20H28IN3O3. The van der Waals surface area contributed by atoms with Crippen LogP contribution in [-0.2, 0) is 6.54 Å². The molecule has 0 spiro atoms. The Morgan fingerprint density at radius 2 is 1.41 bits per heavy atom. The molecule has 2 aromatic carbocycles. The van der Waals surface area contributed by atoms with Gasteiger partial charge < -0.3 is 24.8 Å². The third kappa shape index (κ3) is 8.38. The fourth-order valence-corrected chi connectivity index (χ4v) is 2.25. The van der Waals surface area contributed by atoms with Crippen molar-refractivity contribution in [2.45, 2.75) is 13.5 Å². The van der Waals surface area contributed by atoms with E-state index in [-0.39, 0.29) is 24.0 Å². The Bertz CT molecular complexity index is 676. The number of aliphatic imine (C=N–C) groups is 1. The predicted molar refractivity (Wildman–Crippen MR) is 120 cm³/mol. The van der Waals surface area contributed by atoms with Crippen LogP contribution in [0, 0.1) is 0 Å². The highest BCUT2D eigenvalue weighted by molar-refractivity contribution is 14.0. The van der Waals surface area contributed by atoms with Gasteiger partial charge in [-0.2, -0.15) is 0 Å². The highest BCUT2D eigenvalue weighted by Crippen LogP contribution is 2.16. The molecule has 0 aliphatic heterocycles. The molecule has 148 valence electrons. The van der Waals surface area contributed by atoms with Crippen molar-refractivity contribution in [3.8, 4) is 17.2 Å². The van der Waals surface area contributed by atoms with Gasteiger partial charge in [0.15, 0.2) is 5.96 Å². The standard InChI is InChI=1S/C20H27N3O3.HI/c1-4-21-20(23-15-16-5-7-17(24-2)8-6-16)22-13-14-26-19-11-9-18(25-3)10-12-19;/h5-12H,4,13-15H2,1-3H3,(H2,21,22,23);1H. The van der Waals surface area contributed by atoms with Crippen LogP contribution in [0.15, 0.2) is 53.5 Å². The third-order valence-electron chi connectivity index (χ3n) is 3.65. The average Bonchev–Trinajstić information content (AvgIpc) is 2.70. The minimum atomic E-state index is 0. The third-order valence-corrected chi connectivity index (χ3v) is 3.65. The maximum absolute atomic E-state index is 5.71. The van der Waals surface area contributed by atoms with E-state index in [4.69, 9.17) is 14.2 Å². The lowest BCUT2D eigenvalue weighted by Gasteiger charge is -2.12. The van der Waals surface area contributed by atoms with E-state index < -0.39 is 0 Å². The molecule has 0 aromatic heterocycles. The van der Waals surface area contributed by atoms with Gasteiger partial charge in [0.1, 0.15) is 23.9 Å². The number of methoxy groups -OCH3 is 2. The van der Waals surface area contributed by atoms with Gasteiger partial charge in [0.05, 0.1) is 27.3 Å². The Balaban J connectivity index is 0.00000364. The maximum Gasteiger partial charge on any atom is 0.191 e. The predicted octanol–water partition coefficient (Wildman–Crippen LogP) is 3.46. The van der Waals surface area contributed by atoms with Crippen LogP contribution in [0.1, 0.15) is 12.5 Å². The molecule has 0 bridgehead atoms. The molecule has 0 aliphatic carbocycles. The first kappa shape index (κ1) is 22.9. The van der Waals surface area contributed by atoms with Crippen molar-refractivity contribution in [2.75, 3.05) is 33.9 Å². The van der Waals surface area contributed by atoms with Gasteiger partial charge in [-0.15, -0.1) is 24.0 Å². The lowest BCUT2D eigenvalue weighted by Crippen LogP contribution is -2.39. The van der Waals surface area contributed by atoms with Crippen LogP contribution < -0.4 is 24.8 Å². The Labute approximate surface area is 178 Å². The van der Waals surface area contributed by atoms with Crippen LogP contribution in [0.3, 0.4) is 0 Å². The topological polar surface area (TPSA) is 64.1 Å². The minimum Gasteiger partial charge on any atom is -0.497 e. The molecule has 0 radical (unpaired) electrons. The van der Waals surface area contributed by atoms with E-state index in [1.807, 2.05) is 55.5 Å². The number of hydrogen-bond acceptors (Lipinski definition) is 4.